The van der Waals surface area contributed by atoms with Crippen molar-refractivity contribution in [3.8, 4) is 28.8 Å². The highest BCUT2D eigenvalue weighted by molar-refractivity contribution is 6.32. The maximum atomic E-state index is 10.9. The third-order valence-electron chi connectivity index (χ3n) is 5.16. The van der Waals surface area contributed by atoms with Crippen molar-refractivity contribution in [3.05, 3.63) is 71.2 Å². The van der Waals surface area contributed by atoms with E-state index in [1.165, 1.54) is 5.01 Å². The van der Waals surface area contributed by atoms with Gasteiger partial charge in [-0.2, -0.15) is 5.26 Å². The summed E-state index contributed by atoms with van der Waals surface area (Å²) >= 11 is 6.40. The number of halogens is 1. The molecule has 1 aromatic heterocycles. The summed E-state index contributed by atoms with van der Waals surface area (Å²) in [5.74, 6) is 6.72. The average Bonchev–Trinajstić information content (AvgIpc) is 2.79. The number of hydrogen-bond acceptors (Lipinski definition) is 7. The molecule has 0 radical (unpaired) electrons. The number of hydrazine groups is 1. The molecule has 0 aliphatic carbocycles. The lowest BCUT2D eigenvalue weighted by Gasteiger charge is -2.26. The van der Waals surface area contributed by atoms with Gasteiger partial charge in [0.1, 0.15) is 29.9 Å². The van der Waals surface area contributed by atoms with E-state index < -0.39 is 5.97 Å². The molecule has 0 aliphatic rings. The van der Waals surface area contributed by atoms with Crippen LogP contribution in [-0.4, -0.2) is 39.7 Å². The first kappa shape index (κ1) is 25.0. The van der Waals surface area contributed by atoms with Crippen molar-refractivity contribution in [2.24, 2.45) is 5.84 Å². The molecule has 34 heavy (non-hydrogen) atoms. The monoisotopic (exact) mass is 479 g/mol. The van der Waals surface area contributed by atoms with Gasteiger partial charge < -0.3 is 15.2 Å². The second kappa shape index (κ2) is 11.5. The zero-order valence-electron chi connectivity index (χ0n) is 18.9. The number of nitrogens with one attached hydrogen (secondary N) is 1. The summed E-state index contributed by atoms with van der Waals surface area (Å²) in [5.41, 5.74) is 1.45. The van der Waals surface area contributed by atoms with Crippen molar-refractivity contribution in [2.75, 3.05) is 11.9 Å². The second-order valence-corrected chi connectivity index (χ2v) is 8.37. The Morgan fingerprint density at radius 3 is 2.47 bits per heavy atom. The van der Waals surface area contributed by atoms with Gasteiger partial charge in [-0.25, -0.2) is 9.99 Å². The van der Waals surface area contributed by atoms with Crippen LogP contribution in [-0.2, 0) is 4.79 Å². The molecule has 0 amide bonds. The van der Waals surface area contributed by atoms with Gasteiger partial charge in [-0.3, -0.25) is 10.6 Å². The Morgan fingerprint density at radius 2 is 1.85 bits per heavy atom. The lowest BCUT2D eigenvalue weighted by Crippen LogP contribution is -2.44. The number of carboxylic acids is 1. The molecule has 2 unspecified atom stereocenters. The predicted octanol–water partition coefficient (Wildman–Crippen LogP) is 4.91. The molecule has 0 bridgehead atoms. The fourth-order valence-electron chi connectivity index (χ4n) is 3.48. The van der Waals surface area contributed by atoms with Gasteiger partial charge in [0.15, 0.2) is 0 Å². The van der Waals surface area contributed by atoms with Crippen molar-refractivity contribution >= 4 is 23.4 Å². The molecule has 3 rings (SSSR count). The molecule has 3 aromatic rings. The Bertz CT molecular complexity index is 1170. The number of carbonyl (C=O) groups is 1. The molecule has 8 nitrogen and oxygen atoms in total. The van der Waals surface area contributed by atoms with E-state index >= 15 is 0 Å². The van der Waals surface area contributed by atoms with Crippen molar-refractivity contribution in [1.82, 2.24) is 9.99 Å². The lowest BCUT2D eigenvalue weighted by molar-refractivity contribution is -0.139. The Labute approximate surface area is 203 Å². The van der Waals surface area contributed by atoms with Crippen molar-refractivity contribution < 1.29 is 14.6 Å². The van der Waals surface area contributed by atoms with Crippen LogP contribution in [0.5, 0.6) is 11.5 Å². The minimum absolute atomic E-state index is 0.0826. The first-order valence-corrected chi connectivity index (χ1v) is 11.1. The number of aliphatic carboxylic acids is 1. The molecule has 0 saturated heterocycles. The maximum Gasteiger partial charge on any atom is 0.319 e. The summed E-state index contributed by atoms with van der Waals surface area (Å²) < 4.78 is 5.83. The standard InChI is InChI=1S/C25H26ClN5O3/c1-16(12-17(2)31(28)15-24(32)33)29-23-13-22(26)21(14-27)25(30-23)18-8-10-20(11-9-18)34-19-6-4-3-5-7-19/h3-11,13,16-17H,12,15,28H2,1-2H3,(H,29,30)(H,32,33). The van der Waals surface area contributed by atoms with Crippen LogP contribution in [0.4, 0.5) is 5.82 Å². The summed E-state index contributed by atoms with van der Waals surface area (Å²) in [6.07, 6.45) is 0.573. The highest BCUT2D eigenvalue weighted by Crippen LogP contribution is 2.31. The van der Waals surface area contributed by atoms with Crippen LogP contribution < -0.4 is 15.9 Å². The van der Waals surface area contributed by atoms with Crippen LogP contribution in [0.25, 0.3) is 11.3 Å². The van der Waals surface area contributed by atoms with Crippen molar-refractivity contribution in [1.29, 1.82) is 5.26 Å². The van der Waals surface area contributed by atoms with Gasteiger partial charge in [-0.1, -0.05) is 29.8 Å². The zero-order valence-corrected chi connectivity index (χ0v) is 19.7. The zero-order chi connectivity index (χ0) is 24.7. The number of anilines is 1. The largest absolute Gasteiger partial charge is 0.480 e. The van der Waals surface area contributed by atoms with Gasteiger partial charge in [0.05, 0.1) is 16.3 Å². The Morgan fingerprint density at radius 1 is 1.21 bits per heavy atom. The van der Waals surface area contributed by atoms with Crippen LogP contribution in [0.15, 0.2) is 60.7 Å². The number of nitriles is 1. The van der Waals surface area contributed by atoms with Gasteiger partial charge in [-0.05, 0) is 56.7 Å². The minimum atomic E-state index is -0.986. The van der Waals surface area contributed by atoms with E-state index in [0.29, 0.717) is 23.7 Å². The molecule has 0 fully saturated rings. The summed E-state index contributed by atoms with van der Waals surface area (Å²) in [5, 5.41) is 23.4. The van der Waals surface area contributed by atoms with E-state index in [1.54, 1.807) is 6.07 Å². The van der Waals surface area contributed by atoms with Gasteiger partial charge in [0.2, 0.25) is 0 Å². The second-order valence-electron chi connectivity index (χ2n) is 7.96. The van der Waals surface area contributed by atoms with E-state index in [-0.39, 0.29) is 29.2 Å². The summed E-state index contributed by atoms with van der Waals surface area (Å²) in [6, 6.07) is 20.2. The molecule has 4 N–H and O–H groups in total. The number of aromatic nitrogens is 1. The molecule has 0 saturated carbocycles. The number of nitrogens with zero attached hydrogens (tertiary/aromatic N) is 3. The summed E-state index contributed by atoms with van der Waals surface area (Å²) in [4.78, 5) is 15.5. The van der Waals surface area contributed by atoms with E-state index in [9.17, 15) is 10.1 Å². The van der Waals surface area contributed by atoms with Crippen molar-refractivity contribution in [3.63, 3.8) is 0 Å². The Balaban J connectivity index is 1.77. The molecule has 0 spiro atoms. The topological polar surface area (TPSA) is 124 Å². The number of benzene rings is 2. The molecule has 176 valence electrons. The number of hydrogen-bond donors (Lipinski definition) is 3. The van der Waals surface area contributed by atoms with Gasteiger partial charge in [-0.15, -0.1) is 0 Å². The third kappa shape index (κ3) is 6.68. The number of pyridine rings is 1. The molecular weight excluding hydrogens is 454 g/mol. The number of nitrogens with two attached hydrogens (primary N) is 1. The molecular formula is C25H26ClN5O3. The first-order valence-electron chi connectivity index (χ1n) is 10.7. The van der Waals surface area contributed by atoms with E-state index in [4.69, 9.17) is 27.3 Å². The Hall–Kier alpha value is -3.64. The lowest BCUT2D eigenvalue weighted by atomic mass is 10.1. The van der Waals surface area contributed by atoms with Crippen LogP contribution in [0.3, 0.4) is 0 Å². The smallest absolute Gasteiger partial charge is 0.319 e. The van der Waals surface area contributed by atoms with Crippen LogP contribution in [0.1, 0.15) is 25.8 Å². The fourth-order valence-corrected chi connectivity index (χ4v) is 3.71. The van der Waals surface area contributed by atoms with E-state index in [2.05, 4.69) is 16.4 Å². The maximum absolute atomic E-state index is 10.9. The van der Waals surface area contributed by atoms with Crippen LogP contribution >= 0.6 is 11.6 Å². The van der Waals surface area contributed by atoms with Crippen LogP contribution in [0.2, 0.25) is 5.02 Å². The molecule has 2 atom stereocenters. The number of carboxylic acid groups (broad SMARTS) is 1. The third-order valence-corrected chi connectivity index (χ3v) is 5.46. The quantitative estimate of drug-likeness (QED) is 0.277. The minimum Gasteiger partial charge on any atom is -0.480 e. The summed E-state index contributed by atoms with van der Waals surface area (Å²) in [6.45, 7) is 3.54. The normalized spacial score (nSPS) is 12.6. The molecule has 2 aromatic carbocycles. The molecule has 1 heterocycles. The molecule has 9 heteroatoms. The molecule has 0 aliphatic heterocycles. The average molecular weight is 480 g/mol. The van der Waals surface area contributed by atoms with E-state index in [1.807, 2.05) is 68.4 Å². The van der Waals surface area contributed by atoms with Gasteiger partial charge in [0.25, 0.3) is 0 Å². The first-order chi connectivity index (χ1) is 16.3. The van der Waals surface area contributed by atoms with E-state index in [0.717, 1.165) is 11.3 Å². The van der Waals surface area contributed by atoms with Crippen molar-refractivity contribution in [2.45, 2.75) is 32.4 Å². The SMILES string of the molecule is CC(CC(C)N(N)CC(=O)O)Nc1cc(Cl)c(C#N)c(-c2ccc(Oc3ccccc3)cc2)n1. The number of rotatable bonds is 10. The van der Waals surface area contributed by atoms with Gasteiger partial charge in [0, 0.05) is 23.7 Å². The number of para-hydroxylation sites is 1. The van der Waals surface area contributed by atoms with Crippen LogP contribution in [0, 0.1) is 11.3 Å². The fraction of sp³-hybridized carbons (Fsp3) is 0.240. The summed E-state index contributed by atoms with van der Waals surface area (Å²) in [7, 11) is 0. The predicted molar refractivity (Wildman–Crippen MR) is 132 cm³/mol. The van der Waals surface area contributed by atoms with Gasteiger partial charge >= 0.3 is 5.97 Å². The highest BCUT2D eigenvalue weighted by Gasteiger charge is 2.18. The number of ether oxygens (including phenoxy) is 1. The Kier molecular flexibility index (Phi) is 8.44. The highest BCUT2D eigenvalue weighted by atomic mass is 35.5.